The topological polar surface area (TPSA) is 42.7 Å². The minimum absolute atomic E-state index is 0.807. The van der Waals surface area contributed by atoms with Gasteiger partial charge in [-0.15, -0.1) is 0 Å². The van der Waals surface area contributed by atoms with Gasteiger partial charge in [-0.25, -0.2) is 9.97 Å². The second-order valence-corrected chi connectivity index (χ2v) is 8.39. The van der Waals surface area contributed by atoms with Crippen LogP contribution in [0, 0.1) is 13.8 Å². The lowest BCUT2D eigenvalue weighted by Crippen LogP contribution is -2.07. The highest BCUT2D eigenvalue weighted by Gasteiger charge is 2.16. The number of benzene rings is 2. The highest BCUT2D eigenvalue weighted by molar-refractivity contribution is 5.76. The Kier molecular flexibility index (Phi) is 4.78. The molecule has 5 rings (SSSR count). The van der Waals surface area contributed by atoms with Crippen LogP contribution in [0.3, 0.4) is 0 Å². The van der Waals surface area contributed by atoms with Crippen molar-refractivity contribution in [2.24, 2.45) is 0 Å². The van der Waals surface area contributed by atoms with Gasteiger partial charge < -0.3 is 9.88 Å². The molecular formula is C26H28N4. The molecule has 0 aliphatic carbocycles. The molecule has 2 aromatic carbocycles. The van der Waals surface area contributed by atoms with Gasteiger partial charge in [0, 0.05) is 23.5 Å². The summed E-state index contributed by atoms with van der Waals surface area (Å²) in [6.07, 6.45) is 4.16. The maximum atomic E-state index is 4.96. The lowest BCUT2D eigenvalue weighted by molar-refractivity contribution is 0.715. The van der Waals surface area contributed by atoms with Crippen LogP contribution >= 0.6 is 0 Å². The molecule has 0 bridgehead atoms. The zero-order valence-electron chi connectivity index (χ0n) is 18.0. The second kappa shape index (κ2) is 7.60. The smallest absolute Gasteiger partial charge is 0.160 e. The van der Waals surface area contributed by atoms with Crippen molar-refractivity contribution < 1.29 is 0 Å². The highest BCUT2D eigenvalue weighted by atomic mass is 15.1. The number of nitrogens with one attached hydrogen (secondary N) is 1. The zero-order chi connectivity index (χ0) is 20.7. The van der Waals surface area contributed by atoms with E-state index in [1.165, 1.54) is 33.6 Å². The molecule has 1 aliphatic heterocycles. The summed E-state index contributed by atoms with van der Waals surface area (Å²) < 4.78 is 2.32. The van der Waals surface area contributed by atoms with Crippen LogP contribution in [0.5, 0.6) is 0 Å². The molecule has 4 aromatic rings. The summed E-state index contributed by atoms with van der Waals surface area (Å²) in [6, 6.07) is 17.6. The number of imidazole rings is 1. The van der Waals surface area contributed by atoms with Crippen molar-refractivity contribution in [2.45, 2.75) is 53.0 Å². The van der Waals surface area contributed by atoms with Gasteiger partial charge in [0.1, 0.15) is 11.3 Å². The van der Waals surface area contributed by atoms with Crippen molar-refractivity contribution in [3.8, 4) is 0 Å². The Bertz CT molecular complexity index is 1240. The van der Waals surface area contributed by atoms with Crippen LogP contribution in [0.4, 0.5) is 11.4 Å². The first-order chi connectivity index (χ1) is 14.6. The Morgan fingerprint density at radius 3 is 2.60 bits per heavy atom. The fraction of sp³-hybridized carbons (Fsp3) is 0.308. The maximum absolute atomic E-state index is 4.96. The molecule has 1 N–H and O–H groups in total. The van der Waals surface area contributed by atoms with E-state index in [9.17, 15) is 0 Å². The minimum Gasteiger partial charge on any atom is -0.355 e. The predicted molar refractivity (Wildman–Crippen MR) is 124 cm³/mol. The van der Waals surface area contributed by atoms with E-state index >= 15 is 0 Å². The molecule has 0 radical (unpaired) electrons. The van der Waals surface area contributed by atoms with E-state index in [0.717, 1.165) is 54.9 Å². The number of rotatable bonds is 4. The van der Waals surface area contributed by atoms with Crippen molar-refractivity contribution in [1.29, 1.82) is 0 Å². The summed E-state index contributed by atoms with van der Waals surface area (Å²) in [6.45, 7) is 7.22. The summed E-state index contributed by atoms with van der Waals surface area (Å²) >= 11 is 0. The maximum Gasteiger partial charge on any atom is 0.160 e. The second-order valence-electron chi connectivity index (χ2n) is 8.39. The molecule has 0 saturated carbocycles. The van der Waals surface area contributed by atoms with Gasteiger partial charge in [-0.2, -0.15) is 0 Å². The van der Waals surface area contributed by atoms with Crippen molar-refractivity contribution in [2.75, 3.05) is 5.32 Å². The van der Waals surface area contributed by atoms with Crippen LogP contribution in [0.25, 0.3) is 11.2 Å². The lowest BCUT2D eigenvalue weighted by atomic mass is 10.0. The molecule has 3 heterocycles. The van der Waals surface area contributed by atoms with Crippen molar-refractivity contribution in [3.63, 3.8) is 0 Å². The Balaban J connectivity index is 1.53. The van der Waals surface area contributed by atoms with E-state index in [0.29, 0.717) is 0 Å². The summed E-state index contributed by atoms with van der Waals surface area (Å²) in [5.41, 5.74) is 10.8. The average Bonchev–Trinajstić information content (AvgIpc) is 2.95. The monoisotopic (exact) mass is 396 g/mol. The Hall–Kier alpha value is -3.14. The van der Waals surface area contributed by atoms with Gasteiger partial charge in [0.05, 0.1) is 6.54 Å². The normalized spacial score (nSPS) is 12.9. The van der Waals surface area contributed by atoms with Gasteiger partial charge in [0.25, 0.3) is 0 Å². The molecule has 152 valence electrons. The van der Waals surface area contributed by atoms with Gasteiger partial charge in [-0.3, -0.25) is 0 Å². The number of aryl methyl sites for hydroxylation is 5. The molecule has 1 aliphatic rings. The molecule has 4 nitrogen and oxygen atoms in total. The molecule has 0 spiro atoms. The number of para-hydroxylation sites is 1. The molecule has 30 heavy (non-hydrogen) atoms. The molecule has 0 atom stereocenters. The fourth-order valence-electron chi connectivity index (χ4n) is 4.56. The molecule has 0 saturated heterocycles. The number of aromatic nitrogens is 3. The standard InChI is InChI=1S/C26H28N4/c1-4-7-24-29-25-17(2)14-18(3)27-26(25)30(24)16-19-10-13-23-21(15-19)12-11-20-8-5-6-9-22(20)28-23/h5-6,8-10,13-15,28H,4,7,11-12,16H2,1-3H3. The first-order valence-electron chi connectivity index (χ1n) is 10.9. The number of hydrogen-bond acceptors (Lipinski definition) is 3. The lowest BCUT2D eigenvalue weighted by Gasteiger charge is -2.13. The number of pyridine rings is 1. The van der Waals surface area contributed by atoms with E-state index in [-0.39, 0.29) is 0 Å². The molecular weight excluding hydrogens is 368 g/mol. The summed E-state index contributed by atoms with van der Waals surface area (Å²) in [7, 11) is 0. The van der Waals surface area contributed by atoms with Crippen LogP contribution in [-0.2, 0) is 25.8 Å². The molecule has 0 fully saturated rings. The highest BCUT2D eigenvalue weighted by Crippen LogP contribution is 2.31. The first kappa shape index (κ1) is 18.9. The number of hydrogen-bond donors (Lipinski definition) is 1. The minimum atomic E-state index is 0.807. The quantitative estimate of drug-likeness (QED) is 0.468. The van der Waals surface area contributed by atoms with Gasteiger partial charge in [-0.1, -0.05) is 37.3 Å². The van der Waals surface area contributed by atoms with E-state index in [1.54, 1.807) is 0 Å². The van der Waals surface area contributed by atoms with E-state index < -0.39 is 0 Å². The van der Waals surface area contributed by atoms with E-state index in [1.807, 2.05) is 0 Å². The third-order valence-electron chi connectivity index (χ3n) is 6.04. The van der Waals surface area contributed by atoms with E-state index in [4.69, 9.17) is 9.97 Å². The van der Waals surface area contributed by atoms with Crippen LogP contribution in [0.1, 0.15) is 47.1 Å². The van der Waals surface area contributed by atoms with Gasteiger partial charge >= 0.3 is 0 Å². The first-order valence-corrected chi connectivity index (χ1v) is 10.9. The largest absolute Gasteiger partial charge is 0.355 e. The summed E-state index contributed by atoms with van der Waals surface area (Å²) in [4.78, 5) is 9.81. The van der Waals surface area contributed by atoms with Gasteiger partial charge in [0.2, 0.25) is 0 Å². The number of nitrogens with zero attached hydrogens (tertiary/aromatic N) is 3. The van der Waals surface area contributed by atoms with Crippen LogP contribution in [-0.4, -0.2) is 14.5 Å². The third-order valence-corrected chi connectivity index (χ3v) is 6.04. The average molecular weight is 397 g/mol. The van der Waals surface area contributed by atoms with Crippen LogP contribution < -0.4 is 5.32 Å². The van der Waals surface area contributed by atoms with Gasteiger partial charge in [-0.05, 0) is 73.6 Å². The van der Waals surface area contributed by atoms with Crippen molar-refractivity contribution >= 4 is 22.5 Å². The molecule has 2 aromatic heterocycles. The fourth-order valence-corrected chi connectivity index (χ4v) is 4.56. The number of fused-ring (bicyclic) bond motifs is 3. The zero-order valence-corrected chi connectivity index (χ0v) is 18.0. The van der Waals surface area contributed by atoms with Crippen molar-refractivity contribution in [3.05, 3.63) is 82.3 Å². The Morgan fingerprint density at radius 1 is 0.933 bits per heavy atom. The number of anilines is 2. The SMILES string of the molecule is CCCc1nc2c(C)cc(C)nc2n1Cc1ccc2c(c1)CCc1ccccc1N2. The van der Waals surface area contributed by atoms with E-state index in [2.05, 4.69) is 79.2 Å². The summed E-state index contributed by atoms with van der Waals surface area (Å²) in [5, 5.41) is 3.63. The van der Waals surface area contributed by atoms with Crippen molar-refractivity contribution in [1.82, 2.24) is 14.5 Å². The molecule has 4 heteroatoms. The van der Waals surface area contributed by atoms with Gasteiger partial charge in [0.15, 0.2) is 5.65 Å². The molecule has 0 unspecified atom stereocenters. The summed E-state index contributed by atoms with van der Waals surface area (Å²) in [5.74, 6) is 1.13. The Labute approximate surface area is 178 Å². The predicted octanol–water partition coefficient (Wildman–Crippen LogP) is 5.89. The molecule has 0 amide bonds. The van der Waals surface area contributed by atoms with Crippen LogP contribution in [0.2, 0.25) is 0 Å². The van der Waals surface area contributed by atoms with Crippen LogP contribution in [0.15, 0.2) is 48.5 Å². The Morgan fingerprint density at radius 2 is 1.73 bits per heavy atom. The third kappa shape index (κ3) is 3.36.